The molecular weight excluding hydrogens is 572 g/mol. The molecule has 0 spiro atoms. The molecule has 0 aromatic heterocycles. The maximum atomic E-state index is 10.8. The van der Waals surface area contributed by atoms with Crippen molar-refractivity contribution in [3.63, 3.8) is 0 Å². The van der Waals surface area contributed by atoms with Crippen LogP contribution < -0.4 is 0 Å². The first-order valence-corrected chi connectivity index (χ1v) is 17.7. The molecule has 3 heterocycles. The first-order chi connectivity index (χ1) is 16.8. The first kappa shape index (κ1) is 33.1. The molecule has 11 heteroatoms. The molecule has 0 aliphatic carbocycles. The summed E-state index contributed by atoms with van der Waals surface area (Å²) in [4.78, 5) is 0. The van der Waals surface area contributed by atoms with Gasteiger partial charge in [0.25, 0.3) is 0 Å². The van der Waals surface area contributed by atoms with Gasteiger partial charge in [-0.3, -0.25) is 0 Å². The van der Waals surface area contributed by atoms with E-state index in [1.807, 2.05) is 83.1 Å². The molecule has 0 atom stereocenters. The van der Waals surface area contributed by atoms with Gasteiger partial charge in [-0.25, -0.2) is 0 Å². The van der Waals surface area contributed by atoms with E-state index in [0.717, 1.165) is 0 Å². The molecule has 0 aromatic rings. The van der Waals surface area contributed by atoms with Crippen molar-refractivity contribution >= 4 is 21.3 Å². The molecule has 0 saturated carbocycles. The summed E-state index contributed by atoms with van der Waals surface area (Å²) in [5.41, 5.74) is -2.86. The molecule has 3 rings (SSSR count). The number of hydrogen-bond acceptors (Lipinski definition) is 9. The number of hydrogen-bond donors (Lipinski definition) is 3. The summed E-state index contributed by atoms with van der Waals surface area (Å²) in [5.74, 6) is 0. The third kappa shape index (κ3) is 6.96. The topological polar surface area (TPSA) is 98.1 Å². The van der Waals surface area contributed by atoms with E-state index < -0.39 is 39.4 Å². The normalized spacial score (nSPS) is 30.9. The van der Waals surface area contributed by atoms with Crippen LogP contribution in [0.5, 0.6) is 0 Å². The van der Waals surface area contributed by atoms with Crippen LogP contribution in [0.1, 0.15) is 122 Å². The summed E-state index contributed by atoms with van der Waals surface area (Å²) in [6.45, 7) is 24.3. The Kier molecular flexibility index (Phi) is 9.05. The van der Waals surface area contributed by atoms with Gasteiger partial charge in [-0.05, 0) is 0 Å². The van der Waals surface area contributed by atoms with Crippen LogP contribution in [0, 0.1) is 0 Å². The molecular formula is C27H54N3O6PSe. The minimum absolute atomic E-state index is 0.184. The Labute approximate surface area is 238 Å². The van der Waals surface area contributed by atoms with Crippen molar-refractivity contribution in [1.29, 1.82) is 0 Å². The molecule has 224 valence electrons. The average Bonchev–Trinajstić information content (AvgIpc) is 2.66. The van der Waals surface area contributed by atoms with Crippen LogP contribution in [0.15, 0.2) is 0 Å². The quantitative estimate of drug-likeness (QED) is 0.238. The molecule has 0 aromatic carbocycles. The van der Waals surface area contributed by atoms with E-state index >= 15 is 0 Å². The van der Waals surface area contributed by atoms with Crippen molar-refractivity contribution in [2.45, 2.75) is 173 Å². The Bertz CT molecular complexity index is 756. The molecule has 3 aliphatic heterocycles. The van der Waals surface area contributed by atoms with Crippen LogP contribution in [0.4, 0.5) is 0 Å². The van der Waals surface area contributed by atoms with Crippen LogP contribution in [0.3, 0.4) is 0 Å². The molecule has 9 nitrogen and oxygen atoms in total. The first-order valence-electron chi connectivity index (χ1n) is 13.9. The average molecular weight is 627 g/mol. The third-order valence-corrected chi connectivity index (χ3v) is 11.9. The van der Waals surface area contributed by atoms with Gasteiger partial charge in [-0.15, -0.1) is 0 Å². The van der Waals surface area contributed by atoms with E-state index in [0.29, 0.717) is 38.5 Å². The number of piperidine rings is 3. The molecule has 3 N–H and O–H groups in total. The van der Waals surface area contributed by atoms with Crippen molar-refractivity contribution < 1.29 is 29.2 Å². The van der Waals surface area contributed by atoms with Gasteiger partial charge in [0.05, 0.1) is 0 Å². The molecule has 38 heavy (non-hydrogen) atoms. The summed E-state index contributed by atoms with van der Waals surface area (Å²) in [5, 5.41) is 36.9. The molecule has 0 amide bonds. The van der Waals surface area contributed by atoms with Gasteiger partial charge in [0.2, 0.25) is 0 Å². The summed E-state index contributed by atoms with van der Waals surface area (Å²) in [7, 11) is 0. The van der Waals surface area contributed by atoms with Gasteiger partial charge in [0.1, 0.15) is 0 Å². The van der Waals surface area contributed by atoms with E-state index in [4.69, 9.17) is 13.6 Å². The van der Waals surface area contributed by atoms with E-state index in [2.05, 4.69) is 15.1 Å². The summed E-state index contributed by atoms with van der Waals surface area (Å²) < 4.78 is 20.6. The van der Waals surface area contributed by atoms with Crippen LogP contribution in [0.25, 0.3) is 0 Å². The molecule has 3 fully saturated rings. The van der Waals surface area contributed by atoms with Crippen LogP contribution in [0.2, 0.25) is 0 Å². The van der Waals surface area contributed by atoms with E-state index in [9.17, 15) is 15.6 Å². The fourth-order valence-corrected chi connectivity index (χ4v) is 11.4. The van der Waals surface area contributed by atoms with Crippen molar-refractivity contribution in [1.82, 2.24) is 15.2 Å². The van der Waals surface area contributed by atoms with Crippen LogP contribution in [-0.4, -0.2) is 97.5 Å². The molecule has 0 unspecified atom stereocenters. The maximum absolute atomic E-state index is 10.8. The summed E-state index contributed by atoms with van der Waals surface area (Å²) >= 11 is 3.25. The second-order valence-electron chi connectivity index (χ2n) is 15.7. The van der Waals surface area contributed by atoms with Gasteiger partial charge in [0.15, 0.2) is 0 Å². The number of rotatable bonds is 6. The van der Waals surface area contributed by atoms with Gasteiger partial charge in [-0.2, -0.15) is 0 Å². The van der Waals surface area contributed by atoms with Crippen molar-refractivity contribution in [3.8, 4) is 0 Å². The van der Waals surface area contributed by atoms with Gasteiger partial charge in [0, 0.05) is 0 Å². The standard InChI is InChI=1S/C27H54N3O6PSe/c1-22(2)13-19(14-23(3,4)28(22)31)34-37(38,35-20-15-24(5,6)29(32)25(7,8)16-20)36-21-17-26(9,10)30(33)27(11,12)18-21/h19-21,31-33H,13-18H2,1-12H3. The summed E-state index contributed by atoms with van der Waals surface area (Å²) in [6, 6.07) is 0. The monoisotopic (exact) mass is 627 g/mol. The predicted octanol–water partition coefficient (Wildman–Crippen LogP) is 6.11. The number of nitrogens with zero attached hydrogens (tertiary/aromatic N) is 3. The van der Waals surface area contributed by atoms with Gasteiger partial charge >= 0.3 is 239 Å². The Balaban J connectivity index is 1.92. The van der Waals surface area contributed by atoms with Crippen molar-refractivity contribution in [3.05, 3.63) is 0 Å². The SMILES string of the molecule is CC1(C)CC(OP(=[Se])(OC2CC(C)(C)N(O)C(C)(C)C2)OC2CC(C)(C)N(O)C(C)(C)C2)CC(C)(C)N1O. The van der Waals surface area contributed by atoms with E-state index in [-0.39, 0.29) is 18.3 Å². The van der Waals surface area contributed by atoms with Crippen LogP contribution in [-0.2, 0) is 13.6 Å². The van der Waals surface area contributed by atoms with E-state index in [1.165, 1.54) is 15.2 Å². The second kappa shape index (κ2) is 10.4. The summed E-state index contributed by atoms with van der Waals surface area (Å²) in [6.07, 6.45) is 0.207. The predicted molar refractivity (Wildman–Crippen MR) is 150 cm³/mol. The fourth-order valence-electron chi connectivity index (χ4n) is 7.38. The number of hydroxylamine groups is 6. The molecule has 3 saturated heterocycles. The zero-order valence-electron chi connectivity index (χ0n) is 25.7. The van der Waals surface area contributed by atoms with E-state index in [1.54, 1.807) is 0 Å². The Morgan fingerprint density at radius 3 is 0.789 bits per heavy atom. The second-order valence-corrected chi connectivity index (χ2v) is 20.0. The Morgan fingerprint density at radius 1 is 0.474 bits per heavy atom. The zero-order chi connectivity index (χ0) is 29.3. The molecule has 3 aliphatic rings. The van der Waals surface area contributed by atoms with Gasteiger partial charge < -0.3 is 0 Å². The third-order valence-electron chi connectivity index (χ3n) is 8.64. The fraction of sp³-hybridized carbons (Fsp3) is 1.00. The minimum atomic E-state index is -3.00. The Hall–Kier alpha value is 0.589. The van der Waals surface area contributed by atoms with Crippen molar-refractivity contribution in [2.75, 3.05) is 0 Å². The zero-order valence-corrected chi connectivity index (χ0v) is 28.3. The van der Waals surface area contributed by atoms with Crippen LogP contribution >= 0.6 is 6.19 Å². The molecule has 0 bridgehead atoms. The molecule has 0 radical (unpaired) electrons. The van der Waals surface area contributed by atoms with Gasteiger partial charge in [-0.1, -0.05) is 0 Å². The Morgan fingerprint density at radius 2 is 0.632 bits per heavy atom. The van der Waals surface area contributed by atoms with Crippen molar-refractivity contribution in [2.24, 2.45) is 0 Å².